The van der Waals surface area contributed by atoms with E-state index in [9.17, 15) is 18.0 Å². The zero-order valence-electron chi connectivity index (χ0n) is 25.4. The van der Waals surface area contributed by atoms with Gasteiger partial charge in [-0.2, -0.15) is 18.3 Å². The zero-order valence-corrected chi connectivity index (χ0v) is 25.4. The van der Waals surface area contributed by atoms with Crippen molar-refractivity contribution >= 4 is 11.7 Å². The summed E-state index contributed by atoms with van der Waals surface area (Å²) in [5.74, 6) is 1.19. The number of benzene rings is 2. The van der Waals surface area contributed by atoms with Crippen molar-refractivity contribution in [2.45, 2.75) is 59.8 Å². The number of anilines is 1. The van der Waals surface area contributed by atoms with Gasteiger partial charge in [0.2, 0.25) is 0 Å². The molecule has 0 unspecified atom stereocenters. The van der Waals surface area contributed by atoms with Crippen molar-refractivity contribution in [1.29, 1.82) is 0 Å². The van der Waals surface area contributed by atoms with Gasteiger partial charge in [-0.25, -0.2) is 14.8 Å². The summed E-state index contributed by atoms with van der Waals surface area (Å²) in [5.41, 5.74) is 8.67. The van der Waals surface area contributed by atoms with Crippen LogP contribution < -0.4 is 5.32 Å². The van der Waals surface area contributed by atoms with Crippen LogP contribution in [0.4, 0.5) is 23.7 Å². The number of rotatable bonds is 6. The average molecular weight is 616 g/mol. The largest absolute Gasteiger partial charge is 0.408 e. The summed E-state index contributed by atoms with van der Waals surface area (Å²) in [4.78, 5) is 25.3. The third-order valence-corrected chi connectivity index (χ3v) is 7.96. The number of aryl methyl sites for hydroxylation is 4. The Balaban J connectivity index is 1.30. The van der Waals surface area contributed by atoms with Crippen LogP contribution in [0.15, 0.2) is 59.4 Å². The molecule has 12 heteroatoms. The molecule has 6 rings (SSSR count). The number of nitrogens with one attached hydrogen (secondary N) is 1. The van der Waals surface area contributed by atoms with Gasteiger partial charge in [-0.05, 0) is 56.0 Å². The SMILES string of the molecule is CCc1cc(NC(=O)N2CCc3nc(-c4c(C)noc4C)nc(-c4ccccc4C)c3C2)cc(-c2cnn(CC(F)(F)F)c2)c1. The van der Waals surface area contributed by atoms with Crippen LogP contribution in [0.2, 0.25) is 0 Å². The fourth-order valence-electron chi connectivity index (χ4n) is 5.68. The van der Waals surface area contributed by atoms with Crippen LogP contribution in [0.1, 0.15) is 40.8 Å². The smallest absolute Gasteiger partial charge is 0.361 e. The van der Waals surface area contributed by atoms with E-state index in [1.807, 2.05) is 64.1 Å². The van der Waals surface area contributed by atoms with Crippen LogP contribution in [-0.4, -0.2) is 48.6 Å². The van der Waals surface area contributed by atoms with Gasteiger partial charge in [-0.15, -0.1) is 0 Å². The molecule has 4 heterocycles. The predicted molar refractivity (Wildman–Crippen MR) is 163 cm³/mol. The Morgan fingerprint density at radius 2 is 1.87 bits per heavy atom. The van der Waals surface area contributed by atoms with Crippen LogP contribution in [-0.2, 0) is 25.9 Å². The average Bonchev–Trinajstić information content (AvgIpc) is 3.60. The van der Waals surface area contributed by atoms with E-state index in [4.69, 9.17) is 14.5 Å². The fraction of sp³-hybridized carbons (Fsp3) is 0.303. The minimum atomic E-state index is -4.37. The number of hydrogen-bond acceptors (Lipinski definition) is 6. The Kier molecular flexibility index (Phi) is 7.90. The molecule has 3 aromatic heterocycles. The number of halogens is 3. The standard InChI is InChI=1S/C33H32F3N7O2/c1-5-22-12-23(24-15-37-43(16-24)18-33(34,35)36)14-25(13-22)38-32(44)42-11-10-28-27(17-42)30(26-9-7-6-8-19(26)2)40-31(39-28)29-20(3)41-45-21(29)4/h6-9,12-16H,5,10-11,17-18H2,1-4H3,(H,38,44). The van der Waals surface area contributed by atoms with E-state index in [0.717, 1.165) is 43.9 Å². The van der Waals surface area contributed by atoms with Crippen LogP contribution in [0.25, 0.3) is 33.8 Å². The molecule has 0 atom stereocenters. The van der Waals surface area contributed by atoms with Crippen LogP contribution >= 0.6 is 0 Å². The summed E-state index contributed by atoms with van der Waals surface area (Å²) in [6.45, 7) is 7.27. The number of amides is 2. The Morgan fingerprint density at radius 3 is 2.58 bits per heavy atom. The van der Waals surface area contributed by atoms with Crippen LogP contribution in [0.5, 0.6) is 0 Å². The Bertz CT molecular complexity index is 1870. The highest BCUT2D eigenvalue weighted by Gasteiger charge is 2.30. The van der Waals surface area contributed by atoms with Gasteiger partial charge < -0.3 is 14.7 Å². The molecule has 0 fully saturated rings. The normalized spacial score (nSPS) is 13.2. The van der Waals surface area contributed by atoms with Crippen LogP contribution in [0, 0.1) is 20.8 Å². The molecule has 9 nitrogen and oxygen atoms in total. The highest BCUT2D eigenvalue weighted by Crippen LogP contribution is 2.34. The fourth-order valence-corrected chi connectivity index (χ4v) is 5.68. The van der Waals surface area contributed by atoms with Gasteiger partial charge in [-0.3, -0.25) is 4.68 Å². The molecule has 2 amide bonds. The molecule has 5 aromatic rings. The molecule has 0 saturated heterocycles. The van der Waals surface area contributed by atoms with Crippen molar-refractivity contribution < 1.29 is 22.5 Å². The predicted octanol–water partition coefficient (Wildman–Crippen LogP) is 7.30. The maximum Gasteiger partial charge on any atom is 0.408 e. The van der Waals surface area contributed by atoms with Crippen molar-refractivity contribution in [2.75, 3.05) is 11.9 Å². The third-order valence-electron chi connectivity index (χ3n) is 7.96. The number of alkyl halides is 3. The quantitative estimate of drug-likeness (QED) is 0.215. The molecule has 1 N–H and O–H groups in total. The summed E-state index contributed by atoms with van der Waals surface area (Å²) in [5, 5.41) is 11.0. The van der Waals surface area contributed by atoms with E-state index in [2.05, 4.69) is 15.6 Å². The second-order valence-corrected chi connectivity index (χ2v) is 11.3. The van der Waals surface area contributed by atoms with Crippen molar-refractivity contribution in [2.24, 2.45) is 0 Å². The lowest BCUT2D eigenvalue weighted by molar-refractivity contribution is -0.142. The lowest BCUT2D eigenvalue weighted by Gasteiger charge is -2.30. The van der Waals surface area contributed by atoms with Crippen molar-refractivity contribution in [3.8, 4) is 33.8 Å². The zero-order chi connectivity index (χ0) is 31.9. The first kappa shape index (κ1) is 30.0. The minimum absolute atomic E-state index is 0.293. The number of urea groups is 1. The molecule has 0 radical (unpaired) electrons. The first-order chi connectivity index (χ1) is 21.5. The second-order valence-electron chi connectivity index (χ2n) is 11.3. The van der Waals surface area contributed by atoms with Gasteiger partial charge in [0, 0.05) is 41.5 Å². The number of carbonyl (C=O) groups excluding carboxylic acids is 1. The maximum atomic E-state index is 13.7. The Hall–Kier alpha value is -5.00. The molecule has 0 saturated carbocycles. The van der Waals surface area contributed by atoms with E-state index in [0.29, 0.717) is 60.0 Å². The topological polar surface area (TPSA) is 102 Å². The molecule has 232 valence electrons. The number of carbonyl (C=O) groups is 1. The molecule has 45 heavy (non-hydrogen) atoms. The molecule has 1 aliphatic rings. The van der Waals surface area contributed by atoms with Crippen molar-refractivity contribution in [1.82, 2.24) is 29.8 Å². The highest BCUT2D eigenvalue weighted by molar-refractivity contribution is 5.91. The minimum Gasteiger partial charge on any atom is -0.361 e. The molecule has 2 aromatic carbocycles. The summed E-state index contributed by atoms with van der Waals surface area (Å²) >= 11 is 0. The monoisotopic (exact) mass is 615 g/mol. The highest BCUT2D eigenvalue weighted by atomic mass is 19.4. The first-order valence-corrected chi connectivity index (χ1v) is 14.7. The Labute approximate surface area is 258 Å². The number of aromatic nitrogens is 5. The summed E-state index contributed by atoms with van der Waals surface area (Å²) in [6, 6.07) is 13.2. The summed E-state index contributed by atoms with van der Waals surface area (Å²) in [6.07, 6.45) is -0.411. The summed E-state index contributed by atoms with van der Waals surface area (Å²) in [7, 11) is 0. The lowest BCUT2D eigenvalue weighted by atomic mass is 9.96. The van der Waals surface area contributed by atoms with E-state index in [1.54, 1.807) is 11.0 Å². The molecular weight excluding hydrogens is 583 g/mol. The van der Waals surface area contributed by atoms with Gasteiger partial charge in [0.1, 0.15) is 12.3 Å². The van der Waals surface area contributed by atoms with E-state index >= 15 is 0 Å². The van der Waals surface area contributed by atoms with Crippen molar-refractivity contribution in [3.05, 3.63) is 88.7 Å². The number of nitrogens with zero attached hydrogens (tertiary/aromatic N) is 6. The molecule has 0 aliphatic carbocycles. The molecule has 1 aliphatic heterocycles. The number of fused-ring (bicyclic) bond motifs is 1. The number of hydrogen-bond donors (Lipinski definition) is 1. The van der Waals surface area contributed by atoms with Gasteiger partial charge in [0.05, 0.1) is 35.4 Å². The van der Waals surface area contributed by atoms with Gasteiger partial charge in [0.25, 0.3) is 0 Å². The van der Waals surface area contributed by atoms with Crippen molar-refractivity contribution in [3.63, 3.8) is 0 Å². The second kappa shape index (κ2) is 11.8. The molecule has 0 bridgehead atoms. The summed E-state index contributed by atoms with van der Waals surface area (Å²) < 4.78 is 44.9. The third kappa shape index (κ3) is 6.31. The van der Waals surface area contributed by atoms with E-state index in [1.165, 1.54) is 12.4 Å². The molecule has 0 spiro atoms. The Morgan fingerprint density at radius 1 is 1.07 bits per heavy atom. The van der Waals surface area contributed by atoms with Gasteiger partial charge in [0.15, 0.2) is 5.82 Å². The van der Waals surface area contributed by atoms with Crippen LogP contribution in [0.3, 0.4) is 0 Å². The first-order valence-electron chi connectivity index (χ1n) is 14.7. The van der Waals surface area contributed by atoms with Gasteiger partial charge in [-0.1, -0.05) is 42.4 Å². The van der Waals surface area contributed by atoms with E-state index in [-0.39, 0.29) is 6.03 Å². The maximum absolute atomic E-state index is 13.7. The van der Waals surface area contributed by atoms with E-state index < -0.39 is 12.7 Å². The lowest BCUT2D eigenvalue weighted by Crippen LogP contribution is -2.39. The van der Waals surface area contributed by atoms with Gasteiger partial charge >= 0.3 is 12.2 Å². The molecular formula is C33H32F3N7O2.